The number of hydrogen-bond donors (Lipinski definition) is 3. The Morgan fingerprint density at radius 2 is 1.85 bits per heavy atom. The van der Waals surface area contributed by atoms with Crippen LogP contribution in [0.15, 0.2) is 0 Å². The van der Waals surface area contributed by atoms with E-state index < -0.39 is 24.0 Å². The van der Waals surface area contributed by atoms with Crippen LogP contribution >= 0.6 is 12.6 Å². The van der Waals surface area contributed by atoms with Gasteiger partial charge in [-0.3, -0.25) is 4.79 Å². The number of amides is 2. The zero-order chi connectivity index (χ0) is 10.6. The highest BCUT2D eigenvalue weighted by Gasteiger charge is 2.31. The summed E-state index contributed by atoms with van der Waals surface area (Å²) in [5, 5.41) is 17.0. The van der Waals surface area contributed by atoms with Crippen molar-refractivity contribution in [2.24, 2.45) is 0 Å². The molecule has 0 radical (unpaired) electrons. The normalized spacial score (nSPS) is 11.8. The van der Waals surface area contributed by atoms with Crippen molar-refractivity contribution in [3.63, 3.8) is 0 Å². The predicted octanol–water partition coefficient (Wildman–Crippen LogP) is -0.104. The highest BCUT2D eigenvalue weighted by Crippen LogP contribution is 2.03. The molecule has 0 aromatic carbocycles. The third kappa shape index (κ3) is 2.94. The van der Waals surface area contributed by atoms with Crippen LogP contribution in [0.1, 0.15) is 6.92 Å². The summed E-state index contributed by atoms with van der Waals surface area (Å²) >= 11 is 3.65. The molecule has 0 heterocycles. The van der Waals surface area contributed by atoms with Crippen molar-refractivity contribution in [3.05, 3.63) is 0 Å². The highest BCUT2D eigenvalue weighted by molar-refractivity contribution is 7.80. The molecule has 2 N–H and O–H groups in total. The Morgan fingerprint density at radius 1 is 1.38 bits per heavy atom. The molecule has 0 rings (SSSR count). The summed E-state index contributed by atoms with van der Waals surface area (Å²) in [6.45, 7) is 0.980. The lowest BCUT2D eigenvalue weighted by Crippen LogP contribution is -2.48. The van der Waals surface area contributed by atoms with Crippen LogP contribution in [-0.4, -0.2) is 44.9 Å². The molecule has 74 valence electrons. The molecule has 2 amide bonds. The van der Waals surface area contributed by atoms with E-state index in [2.05, 4.69) is 12.6 Å². The van der Waals surface area contributed by atoms with Crippen LogP contribution in [0.2, 0.25) is 0 Å². The molecular weight excluding hydrogens is 198 g/mol. The summed E-state index contributed by atoms with van der Waals surface area (Å²) < 4.78 is 0. The lowest BCUT2D eigenvalue weighted by molar-refractivity contribution is -0.146. The second kappa shape index (κ2) is 4.70. The Hall–Kier alpha value is -1.24. The molecule has 6 nitrogen and oxygen atoms in total. The third-order valence-electron chi connectivity index (χ3n) is 1.32. The molecule has 7 heteroatoms. The van der Waals surface area contributed by atoms with Gasteiger partial charge in [-0.05, 0) is 0 Å². The van der Waals surface area contributed by atoms with Gasteiger partial charge in [0.25, 0.3) is 0 Å². The molecule has 0 aliphatic heterocycles. The number of nitrogens with zero attached hydrogens (tertiary/aromatic N) is 1. The smallest absolute Gasteiger partial charge is 0.414 e. The molecule has 0 unspecified atom stereocenters. The van der Waals surface area contributed by atoms with E-state index in [-0.39, 0.29) is 10.7 Å². The summed E-state index contributed by atoms with van der Waals surface area (Å²) in [4.78, 5) is 31.9. The quantitative estimate of drug-likeness (QED) is 0.561. The standard InChI is InChI=1S/C6H9NO5S/c1-3(8)7(6(11)12)4(2-13)5(9)10/h4,13H,2H2,1H3,(H,9,10)(H,11,12)/t4-/m0/s1. The zero-order valence-electron chi connectivity index (χ0n) is 6.80. The van der Waals surface area contributed by atoms with Gasteiger partial charge < -0.3 is 10.2 Å². The summed E-state index contributed by atoms with van der Waals surface area (Å²) in [5.74, 6) is -2.48. The number of carbonyl (C=O) groups is 3. The van der Waals surface area contributed by atoms with Gasteiger partial charge in [0, 0.05) is 12.7 Å². The molecule has 0 saturated heterocycles. The van der Waals surface area contributed by atoms with Gasteiger partial charge in [0.15, 0.2) is 0 Å². The number of rotatable bonds is 3. The van der Waals surface area contributed by atoms with E-state index in [9.17, 15) is 14.4 Å². The number of carboxylic acids is 1. The van der Waals surface area contributed by atoms with Crippen LogP contribution in [0.3, 0.4) is 0 Å². The van der Waals surface area contributed by atoms with Crippen LogP contribution in [0, 0.1) is 0 Å². The van der Waals surface area contributed by atoms with Gasteiger partial charge in [-0.1, -0.05) is 0 Å². The van der Waals surface area contributed by atoms with Crippen molar-refractivity contribution < 1.29 is 24.6 Å². The Kier molecular flexibility index (Phi) is 4.26. The molecule has 13 heavy (non-hydrogen) atoms. The molecule has 0 fully saturated rings. The van der Waals surface area contributed by atoms with Gasteiger partial charge >= 0.3 is 12.1 Å². The van der Waals surface area contributed by atoms with E-state index in [0.29, 0.717) is 0 Å². The topological polar surface area (TPSA) is 94.9 Å². The van der Waals surface area contributed by atoms with Crippen LogP contribution in [-0.2, 0) is 9.59 Å². The van der Waals surface area contributed by atoms with E-state index >= 15 is 0 Å². The molecule has 1 atom stereocenters. The molecule has 0 bridgehead atoms. The van der Waals surface area contributed by atoms with Crippen molar-refractivity contribution in [3.8, 4) is 0 Å². The maximum absolute atomic E-state index is 10.7. The molecule has 0 aromatic heterocycles. The largest absolute Gasteiger partial charge is 0.480 e. The van der Waals surface area contributed by atoms with Crippen molar-refractivity contribution in [2.45, 2.75) is 13.0 Å². The summed E-state index contributed by atoms with van der Waals surface area (Å²) in [5.41, 5.74) is 0. The first kappa shape index (κ1) is 11.8. The molecular formula is C6H9NO5S. The van der Waals surface area contributed by atoms with Crippen LogP contribution in [0.25, 0.3) is 0 Å². The fourth-order valence-corrected chi connectivity index (χ4v) is 1.08. The van der Waals surface area contributed by atoms with E-state index in [1.54, 1.807) is 0 Å². The van der Waals surface area contributed by atoms with E-state index in [0.717, 1.165) is 6.92 Å². The summed E-state index contributed by atoms with van der Waals surface area (Å²) in [6.07, 6.45) is -1.59. The Labute approximate surface area is 79.6 Å². The number of imide groups is 1. The first-order valence-corrected chi connectivity index (χ1v) is 3.91. The van der Waals surface area contributed by atoms with Gasteiger partial charge in [0.2, 0.25) is 5.91 Å². The second-order valence-electron chi connectivity index (χ2n) is 2.21. The van der Waals surface area contributed by atoms with Gasteiger partial charge in [0.05, 0.1) is 0 Å². The zero-order valence-corrected chi connectivity index (χ0v) is 7.69. The molecule has 0 aromatic rings. The van der Waals surface area contributed by atoms with E-state index in [1.165, 1.54) is 0 Å². The fraction of sp³-hybridized carbons (Fsp3) is 0.500. The SMILES string of the molecule is CC(=O)N(C(=O)O)[C@@H](CS)C(=O)O. The minimum absolute atomic E-state index is 0.231. The van der Waals surface area contributed by atoms with Crippen molar-refractivity contribution in [1.29, 1.82) is 0 Å². The minimum atomic E-state index is -1.59. The predicted molar refractivity (Wildman–Crippen MR) is 45.8 cm³/mol. The van der Waals surface area contributed by atoms with Gasteiger partial charge in [-0.15, -0.1) is 0 Å². The molecule has 0 spiro atoms. The van der Waals surface area contributed by atoms with Crippen LogP contribution < -0.4 is 0 Å². The first-order chi connectivity index (χ1) is 5.91. The Morgan fingerprint density at radius 3 is 1.92 bits per heavy atom. The maximum atomic E-state index is 10.7. The average molecular weight is 207 g/mol. The minimum Gasteiger partial charge on any atom is -0.480 e. The third-order valence-corrected chi connectivity index (χ3v) is 1.66. The Bertz CT molecular complexity index is 227. The van der Waals surface area contributed by atoms with Gasteiger partial charge in [0.1, 0.15) is 6.04 Å². The van der Waals surface area contributed by atoms with Crippen molar-refractivity contribution in [2.75, 3.05) is 5.75 Å². The lowest BCUT2D eigenvalue weighted by atomic mass is 10.3. The van der Waals surface area contributed by atoms with Gasteiger partial charge in [-0.25, -0.2) is 14.5 Å². The van der Waals surface area contributed by atoms with Crippen LogP contribution in [0.5, 0.6) is 0 Å². The van der Waals surface area contributed by atoms with E-state index in [1.807, 2.05) is 0 Å². The average Bonchev–Trinajstić information content (AvgIpc) is 1.97. The van der Waals surface area contributed by atoms with Crippen molar-refractivity contribution >= 4 is 30.6 Å². The number of carboxylic acid groups (broad SMARTS) is 2. The molecule has 0 aliphatic rings. The Balaban J connectivity index is 4.80. The summed E-state index contributed by atoms with van der Waals surface area (Å²) in [6, 6.07) is -1.43. The lowest BCUT2D eigenvalue weighted by Gasteiger charge is -2.21. The van der Waals surface area contributed by atoms with Crippen LogP contribution in [0.4, 0.5) is 4.79 Å². The fourth-order valence-electron chi connectivity index (χ4n) is 0.758. The van der Waals surface area contributed by atoms with E-state index in [4.69, 9.17) is 10.2 Å². The van der Waals surface area contributed by atoms with Gasteiger partial charge in [-0.2, -0.15) is 12.6 Å². The highest BCUT2D eigenvalue weighted by atomic mass is 32.1. The number of carbonyl (C=O) groups excluding carboxylic acids is 1. The number of thiol groups is 1. The second-order valence-corrected chi connectivity index (χ2v) is 2.57. The molecule has 0 aliphatic carbocycles. The van der Waals surface area contributed by atoms with Crippen molar-refractivity contribution in [1.82, 2.24) is 4.90 Å². The number of aliphatic carboxylic acids is 1. The molecule has 0 saturated carbocycles. The monoisotopic (exact) mass is 207 g/mol. The first-order valence-electron chi connectivity index (χ1n) is 3.28. The number of hydrogen-bond acceptors (Lipinski definition) is 4. The summed E-state index contributed by atoms with van der Waals surface area (Å²) in [7, 11) is 0. The maximum Gasteiger partial charge on any atom is 0.414 e.